The van der Waals surface area contributed by atoms with Gasteiger partial charge < -0.3 is 4.74 Å². The molecular formula is C7H11BrO2. The maximum atomic E-state index is 10.5. The molecule has 10 heavy (non-hydrogen) atoms. The van der Waals surface area contributed by atoms with Crippen molar-refractivity contribution in [3.63, 3.8) is 0 Å². The normalized spacial score (nSPS) is 10.2. The Labute approximate surface area is 69.4 Å². The third-order valence-corrected chi connectivity index (χ3v) is 1.41. The molecule has 0 spiro atoms. The molecule has 3 heteroatoms. The Hall–Kier alpha value is -0.310. The van der Waals surface area contributed by atoms with Gasteiger partial charge in [-0.1, -0.05) is 28.1 Å². The first-order valence-electron chi connectivity index (χ1n) is 3.09. The van der Waals surface area contributed by atoms with E-state index in [4.69, 9.17) is 0 Å². The van der Waals surface area contributed by atoms with Crippen molar-refractivity contribution in [2.75, 3.05) is 12.4 Å². The molecule has 0 unspecified atom stereocenters. The molecular weight excluding hydrogens is 196 g/mol. The predicted molar refractivity (Wildman–Crippen MR) is 44.2 cm³/mol. The number of carbonyl (C=O) groups is 1. The largest absolute Gasteiger partial charge is 0.469 e. The molecule has 0 fully saturated rings. The summed E-state index contributed by atoms with van der Waals surface area (Å²) in [5.41, 5.74) is 0. The molecule has 0 bridgehead atoms. The van der Waals surface area contributed by atoms with Crippen LogP contribution in [0.2, 0.25) is 0 Å². The summed E-state index contributed by atoms with van der Waals surface area (Å²) in [4.78, 5) is 10.5. The molecule has 0 aliphatic carbocycles. The van der Waals surface area contributed by atoms with Crippen LogP contribution in [0, 0.1) is 0 Å². The standard InChI is InChI=1S/C7H11BrO2/c1-10-7(9)5-3-2-4-6-8/h2-3H,4-6H2,1H3/b3-2-. The molecule has 0 atom stereocenters. The number of allylic oxidation sites excluding steroid dienone is 1. The van der Waals surface area contributed by atoms with Crippen LogP contribution in [0.4, 0.5) is 0 Å². The van der Waals surface area contributed by atoms with E-state index < -0.39 is 0 Å². The summed E-state index contributed by atoms with van der Waals surface area (Å²) >= 11 is 3.27. The summed E-state index contributed by atoms with van der Waals surface area (Å²) in [7, 11) is 1.39. The fraction of sp³-hybridized carbons (Fsp3) is 0.571. The maximum Gasteiger partial charge on any atom is 0.309 e. The second kappa shape index (κ2) is 6.81. The van der Waals surface area contributed by atoms with Crippen molar-refractivity contribution >= 4 is 21.9 Å². The fourth-order valence-electron chi connectivity index (χ4n) is 0.444. The molecule has 0 aliphatic heterocycles. The van der Waals surface area contributed by atoms with E-state index in [0.29, 0.717) is 6.42 Å². The minimum absolute atomic E-state index is 0.189. The van der Waals surface area contributed by atoms with Crippen LogP contribution >= 0.6 is 15.9 Å². The summed E-state index contributed by atoms with van der Waals surface area (Å²) in [6, 6.07) is 0. The molecule has 0 amide bonds. The number of hydrogen-bond acceptors (Lipinski definition) is 2. The maximum absolute atomic E-state index is 10.5. The summed E-state index contributed by atoms with van der Waals surface area (Å²) in [6.07, 6.45) is 5.10. The highest BCUT2D eigenvalue weighted by atomic mass is 79.9. The van der Waals surface area contributed by atoms with Crippen LogP contribution < -0.4 is 0 Å². The van der Waals surface area contributed by atoms with E-state index >= 15 is 0 Å². The van der Waals surface area contributed by atoms with Crippen LogP contribution in [-0.2, 0) is 9.53 Å². The molecule has 0 saturated carbocycles. The number of ether oxygens (including phenoxy) is 1. The Morgan fingerprint density at radius 1 is 1.60 bits per heavy atom. The molecule has 2 nitrogen and oxygen atoms in total. The van der Waals surface area contributed by atoms with Gasteiger partial charge in [-0.05, 0) is 6.42 Å². The Balaban J connectivity index is 3.25. The Kier molecular flexibility index (Phi) is 6.59. The SMILES string of the molecule is COC(=O)C/C=C\CCBr. The van der Waals surface area contributed by atoms with Crippen LogP contribution in [0.3, 0.4) is 0 Å². The topological polar surface area (TPSA) is 26.3 Å². The number of alkyl halides is 1. The van der Waals surface area contributed by atoms with Gasteiger partial charge in [0.1, 0.15) is 0 Å². The van der Waals surface area contributed by atoms with Gasteiger partial charge in [-0.3, -0.25) is 4.79 Å². The zero-order valence-electron chi connectivity index (χ0n) is 5.97. The molecule has 0 saturated heterocycles. The fourth-order valence-corrected chi connectivity index (χ4v) is 0.708. The lowest BCUT2D eigenvalue weighted by molar-refractivity contribution is -0.139. The third kappa shape index (κ3) is 5.82. The van der Waals surface area contributed by atoms with Gasteiger partial charge in [0.15, 0.2) is 0 Å². The number of carbonyl (C=O) groups excluding carboxylic acids is 1. The Bertz CT molecular complexity index is 121. The Morgan fingerprint density at radius 2 is 2.30 bits per heavy atom. The van der Waals surface area contributed by atoms with E-state index in [2.05, 4.69) is 20.7 Å². The van der Waals surface area contributed by atoms with Gasteiger partial charge in [-0.15, -0.1) is 0 Å². The van der Waals surface area contributed by atoms with Crippen molar-refractivity contribution in [3.8, 4) is 0 Å². The molecule has 0 N–H and O–H groups in total. The summed E-state index contributed by atoms with van der Waals surface area (Å²) in [5.74, 6) is -0.189. The molecule has 0 aliphatic rings. The average Bonchev–Trinajstić information content (AvgIpc) is 1.98. The lowest BCUT2D eigenvalue weighted by Gasteiger charge is -1.90. The van der Waals surface area contributed by atoms with Crippen molar-refractivity contribution in [2.24, 2.45) is 0 Å². The molecule has 0 radical (unpaired) electrons. The number of hydrogen-bond donors (Lipinski definition) is 0. The number of methoxy groups -OCH3 is 1. The molecule has 0 aromatic heterocycles. The predicted octanol–water partition coefficient (Wildman–Crippen LogP) is 1.89. The van der Waals surface area contributed by atoms with Crippen molar-refractivity contribution in [1.29, 1.82) is 0 Å². The number of esters is 1. The second-order valence-electron chi connectivity index (χ2n) is 1.73. The van der Waals surface area contributed by atoms with Crippen LogP contribution in [-0.4, -0.2) is 18.4 Å². The zero-order valence-corrected chi connectivity index (χ0v) is 7.56. The third-order valence-electron chi connectivity index (χ3n) is 0.955. The van der Waals surface area contributed by atoms with Gasteiger partial charge in [0.25, 0.3) is 0 Å². The first kappa shape index (κ1) is 9.69. The molecule has 58 valence electrons. The van der Waals surface area contributed by atoms with Gasteiger partial charge in [-0.2, -0.15) is 0 Å². The highest BCUT2D eigenvalue weighted by Crippen LogP contribution is 1.92. The van der Waals surface area contributed by atoms with E-state index in [1.807, 2.05) is 12.2 Å². The van der Waals surface area contributed by atoms with E-state index in [9.17, 15) is 4.79 Å². The lowest BCUT2D eigenvalue weighted by atomic mass is 10.3. The molecule has 0 aromatic rings. The average molecular weight is 207 g/mol. The number of rotatable bonds is 4. The van der Waals surface area contributed by atoms with Crippen LogP contribution in [0.15, 0.2) is 12.2 Å². The Morgan fingerprint density at radius 3 is 2.80 bits per heavy atom. The quantitative estimate of drug-likeness (QED) is 0.399. The van der Waals surface area contributed by atoms with Crippen LogP contribution in [0.5, 0.6) is 0 Å². The van der Waals surface area contributed by atoms with Gasteiger partial charge >= 0.3 is 5.97 Å². The molecule has 0 aromatic carbocycles. The highest BCUT2D eigenvalue weighted by Gasteiger charge is 1.92. The first-order valence-corrected chi connectivity index (χ1v) is 4.21. The van der Waals surface area contributed by atoms with E-state index in [1.165, 1.54) is 7.11 Å². The summed E-state index contributed by atoms with van der Waals surface area (Å²) in [6.45, 7) is 0. The van der Waals surface area contributed by atoms with E-state index in [1.54, 1.807) is 0 Å². The van der Waals surface area contributed by atoms with E-state index in [0.717, 1.165) is 11.8 Å². The second-order valence-corrected chi connectivity index (χ2v) is 2.52. The molecule has 0 rings (SSSR count). The summed E-state index contributed by atoms with van der Waals surface area (Å²) in [5, 5.41) is 0.935. The lowest BCUT2D eigenvalue weighted by Crippen LogP contribution is -1.96. The van der Waals surface area contributed by atoms with Crippen molar-refractivity contribution in [2.45, 2.75) is 12.8 Å². The number of halogens is 1. The monoisotopic (exact) mass is 206 g/mol. The van der Waals surface area contributed by atoms with Gasteiger partial charge in [0.05, 0.1) is 13.5 Å². The zero-order chi connectivity index (χ0) is 7.82. The summed E-state index contributed by atoms with van der Waals surface area (Å²) < 4.78 is 4.43. The first-order chi connectivity index (χ1) is 4.81. The van der Waals surface area contributed by atoms with Gasteiger partial charge in [-0.25, -0.2) is 0 Å². The van der Waals surface area contributed by atoms with Crippen LogP contribution in [0.25, 0.3) is 0 Å². The smallest absolute Gasteiger partial charge is 0.309 e. The molecule has 0 heterocycles. The van der Waals surface area contributed by atoms with Crippen molar-refractivity contribution in [1.82, 2.24) is 0 Å². The highest BCUT2D eigenvalue weighted by molar-refractivity contribution is 9.09. The minimum atomic E-state index is -0.189. The van der Waals surface area contributed by atoms with Gasteiger partial charge in [0, 0.05) is 5.33 Å². The van der Waals surface area contributed by atoms with Crippen molar-refractivity contribution < 1.29 is 9.53 Å². The van der Waals surface area contributed by atoms with Gasteiger partial charge in [0.2, 0.25) is 0 Å². The van der Waals surface area contributed by atoms with Crippen molar-refractivity contribution in [3.05, 3.63) is 12.2 Å². The van der Waals surface area contributed by atoms with Crippen LogP contribution in [0.1, 0.15) is 12.8 Å². The van der Waals surface area contributed by atoms with E-state index in [-0.39, 0.29) is 5.97 Å². The minimum Gasteiger partial charge on any atom is -0.469 e.